The number of nitrogens with two attached hydrogens (primary N) is 1. The van der Waals surface area contributed by atoms with Crippen LogP contribution >= 0.6 is 24.0 Å². The van der Waals surface area contributed by atoms with Crippen LogP contribution in [0.2, 0.25) is 5.02 Å². The SMILES string of the molecule is CC(C)(CN)NC(=O)c1cccc(Cl)c1.Cl. The number of rotatable bonds is 3. The molecule has 1 aromatic carbocycles. The van der Waals surface area contributed by atoms with E-state index in [0.29, 0.717) is 17.1 Å². The van der Waals surface area contributed by atoms with Gasteiger partial charge >= 0.3 is 0 Å². The summed E-state index contributed by atoms with van der Waals surface area (Å²) < 4.78 is 0. The van der Waals surface area contributed by atoms with Crippen LogP contribution in [-0.2, 0) is 0 Å². The number of hydrogen-bond donors (Lipinski definition) is 2. The average Bonchev–Trinajstić information content (AvgIpc) is 2.17. The first-order valence-corrected chi connectivity index (χ1v) is 5.10. The molecule has 0 aliphatic heterocycles. The molecule has 1 amide bonds. The van der Waals surface area contributed by atoms with Crippen molar-refractivity contribution in [2.75, 3.05) is 6.54 Å². The summed E-state index contributed by atoms with van der Waals surface area (Å²) in [6.45, 7) is 4.13. The minimum absolute atomic E-state index is 0. The van der Waals surface area contributed by atoms with Crippen LogP contribution in [0.3, 0.4) is 0 Å². The number of nitrogens with one attached hydrogen (secondary N) is 1. The Labute approximate surface area is 107 Å². The topological polar surface area (TPSA) is 55.1 Å². The summed E-state index contributed by atoms with van der Waals surface area (Å²) in [6, 6.07) is 6.82. The third-order valence-corrected chi connectivity index (χ3v) is 2.28. The Morgan fingerprint density at radius 1 is 1.50 bits per heavy atom. The third-order valence-electron chi connectivity index (χ3n) is 2.05. The first-order valence-electron chi connectivity index (χ1n) is 4.73. The minimum atomic E-state index is -0.403. The van der Waals surface area contributed by atoms with Gasteiger partial charge in [0.15, 0.2) is 0 Å². The van der Waals surface area contributed by atoms with Crippen molar-refractivity contribution in [3.8, 4) is 0 Å². The summed E-state index contributed by atoms with van der Waals surface area (Å²) in [4.78, 5) is 11.7. The molecule has 0 aliphatic rings. The fourth-order valence-electron chi connectivity index (χ4n) is 1.06. The van der Waals surface area contributed by atoms with E-state index in [4.69, 9.17) is 17.3 Å². The zero-order valence-corrected chi connectivity index (χ0v) is 10.9. The number of halogens is 2. The lowest BCUT2D eigenvalue weighted by atomic mass is 10.1. The van der Waals surface area contributed by atoms with Gasteiger partial charge in [0.05, 0.1) is 0 Å². The first-order chi connectivity index (χ1) is 6.94. The van der Waals surface area contributed by atoms with Gasteiger partial charge in [0, 0.05) is 22.7 Å². The number of amides is 1. The monoisotopic (exact) mass is 262 g/mol. The van der Waals surface area contributed by atoms with Gasteiger partial charge in [-0.05, 0) is 32.0 Å². The van der Waals surface area contributed by atoms with E-state index >= 15 is 0 Å². The third kappa shape index (κ3) is 4.39. The van der Waals surface area contributed by atoms with Gasteiger partial charge in [-0.25, -0.2) is 0 Å². The molecule has 90 valence electrons. The maximum Gasteiger partial charge on any atom is 0.251 e. The van der Waals surface area contributed by atoms with E-state index in [-0.39, 0.29) is 18.3 Å². The molecule has 0 aliphatic carbocycles. The van der Waals surface area contributed by atoms with Crippen LogP contribution in [0.25, 0.3) is 0 Å². The zero-order chi connectivity index (χ0) is 11.5. The molecule has 0 saturated heterocycles. The quantitative estimate of drug-likeness (QED) is 0.878. The predicted molar refractivity (Wildman–Crippen MR) is 69.3 cm³/mol. The Hall–Kier alpha value is -0.770. The molecule has 0 spiro atoms. The first kappa shape index (κ1) is 15.2. The molecule has 0 aromatic heterocycles. The number of hydrogen-bond acceptors (Lipinski definition) is 2. The van der Waals surface area contributed by atoms with Crippen molar-refractivity contribution in [3.63, 3.8) is 0 Å². The van der Waals surface area contributed by atoms with Crippen molar-refractivity contribution in [1.29, 1.82) is 0 Å². The van der Waals surface area contributed by atoms with E-state index in [1.807, 2.05) is 13.8 Å². The maximum absolute atomic E-state index is 11.7. The standard InChI is InChI=1S/C11H15ClN2O.ClH/c1-11(2,7-13)14-10(15)8-4-3-5-9(12)6-8;/h3-6H,7,13H2,1-2H3,(H,14,15);1H. The molecular weight excluding hydrogens is 247 g/mol. The summed E-state index contributed by atoms with van der Waals surface area (Å²) in [6.07, 6.45) is 0. The van der Waals surface area contributed by atoms with Crippen LogP contribution in [0, 0.1) is 0 Å². The van der Waals surface area contributed by atoms with Gasteiger partial charge in [-0.2, -0.15) is 0 Å². The van der Waals surface area contributed by atoms with Crippen LogP contribution in [0.5, 0.6) is 0 Å². The smallest absolute Gasteiger partial charge is 0.251 e. The van der Waals surface area contributed by atoms with E-state index in [0.717, 1.165) is 0 Å². The van der Waals surface area contributed by atoms with Crippen LogP contribution in [0.4, 0.5) is 0 Å². The summed E-state index contributed by atoms with van der Waals surface area (Å²) >= 11 is 5.79. The lowest BCUT2D eigenvalue weighted by Gasteiger charge is -2.24. The Morgan fingerprint density at radius 3 is 2.62 bits per heavy atom. The maximum atomic E-state index is 11.7. The molecule has 0 radical (unpaired) electrons. The molecule has 3 nitrogen and oxygen atoms in total. The average molecular weight is 263 g/mol. The Bertz CT molecular complexity index is 367. The number of benzene rings is 1. The van der Waals surface area contributed by atoms with Gasteiger partial charge in [0.1, 0.15) is 0 Å². The van der Waals surface area contributed by atoms with Gasteiger partial charge in [-0.3, -0.25) is 4.79 Å². The van der Waals surface area contributed by atoms with Gasteiger partial charge in [0.25, 0.3) is 5.91 Å². The predicted octanol–water partition coefficient (Wildman–Crippen LogP) is 2.23. The molecule has 3 N–H and O–H groups in total. The highest BCUT2D eigenvalue weighted by atomic mass is 35.5. The van der Waals surface area contributed by atoms with E-state index in [9.17, 15) is 4.79 Å². The second kappa shape index (κ2) is 6.09. The van der Waals surface area contributed by atoms with E-state index < -0.39 is 5.54 Å². The zero-order valence-electron chi connectivity index (χ0n) is 9.29. The van der Waals surface area contributed by atoms with Crippen molar-refractivity contribution in [1.82, 2.24) is 5.32 Å². The normalized spacial score (nSPS) is 10.5. The molecule has 0 atom stereocenters. The lowest BCUT2D eigenvalue weighted by molar-refractivity contribution is 0.0915. The van der Waals surface area contributed by atoms with Crippen molar-refractivity contribution < 1.29 is 4.79 Å². The molecule has 1 rings (SSSR count). The van der Waals surface area contributed by atoms with Crippen molar-refractivity contribution in [3.05, 3.63) is 34.9 Å². The number of carbonyl (C=O) groups excluding carboxylic acids is 1. The van der Waals surface area contributed by atoms with Crippen molar-refractivity contribution in [2.24, 2.45) is 5.73 Å². The Balaban J connectivity index is 0.00000225. The molecule has 16 heavy (non-hydrogen) atoms. The van der Waals surface area contributed by atoms with Gasteiger partial charge in [0.2, 0.25) is 0 Å². The number of carbonyl (C=O) groups is 1. The van der Waals surface area contributed by atoms with E-state index in [2.05, 4.69) is 5.32 Å². The minimum Gasteiger partial charge on any atom is -0.346 e. The summed E-state index contributed by atoms with van der Waals surface area (Å²) in [7, 11) is 0. The summed E-state index contributed by atoms with van der Waals surface area (Å²) in [5.41, 5.74) is 5.66. The van der Waals surface area contributed by atoms with Crippen LogP contribution < -0.4 is 11.1 Å². The molecule has 0 bridgehead atoms. The fraction of sp³-hybridized carbons (Fsp3) is 0.364. The Morgan fingerprint density at radius 2 is 2.12 bits per heavy atom. The second-order valence-corrected chi connectivity index (χ2v) is 4.49. The van der Waals surface area contributed by atoms with Gasteiger partial charge < -0.3 is 11.1 Å². The molecule has 0 unspecified atom stereocenters. The fourth-order valence-corrected chi connectivity index (χ4v) is 1.25. The van der Waals surface area contributed by atoms with Gasteiger partial charge in [-0.1, -0.05) is 17.7 Å². The van der Waals surface area contributed by atoms with Gasteiger partial charge in [-0.15, -0.1) is 12.4 Å². The molecule has 1 aromatic rings. The van der Waals surface area contributed by atoms with E-state index in [1.165, 1.54) is 0 Å². The van der Waals surface area contributed by atoms with Crippen LogP contribution in [0.15, 0.2) is 24.3 Å². The van der Waals surface area contributed by atoms with Crippen molar-refractivity contribution >= 4 is 29.9 Å². The van der Waals surface area contributed by atoms with Crippen LogP contribution in [0.1, 0.15) is 24.2 Å². The van der Waals surface area contributed by atoms with E-state index in [1.54, 1.807) is 24.3 Å². The highest BCUT2D eigenvalue weighted by Crippen LogP contribution is 2.11. The summed E-state index contributed by atoms with van der Waals surface area (Å²) in [5, 5.41) is 3.38. The highest BCUT2D eigenvalue weighted by molar-refractivity contribution is 6.30. The molecular formula is C11H16Cl2N2O. The molecule has 0 fully saturated rings. The Kier molecular flexibility index (Phi) is 5.79. The summed E-state index contributed by atoms with van der Waals surface area (Å²) in [5.74, 6) is -0.159. The molecule has 0 heterocycles. The van der Waals surface area contributed by atoms with Crippen LogP contribution in [-0.4, -0.2) is 18.0 Å². The second-order valence-electron chi connectivity index (χ2n) is 4.05. The largest absolute Gasteiger partial charge is 0.346 e. The molecule has 5 heteroatoms. The molecule has 0 saturated carbocycles. The lowest BCUT2D eigenvalue weighted by Crippen LogP contribution is -2.48. The highest BCUT2D eigenvalue weighted by Gasteiger charge is 2.18. The van der Waals surface area contributed by atoms with Crippen molar-refractivity contribution in [2.45, 2.75) is 19.4 Å².